The molecule has 9 heteroatoms. The summed E-state index contributed by atoms with van der Waals surface area (Å²) in [6.07, 6.45) is 6.94. The average molecular weight is 509 g/mol. The van der Waals surface area contributed by atoms with Crippen molar-refractivity contribution in [3.8, 4) is 0 Å². The summed E-state index contributed by atoms with van der Waals surface area (Å²) in [6, 6.07) is 15.4. The first kappa shape index (κ1) is 25.3. The highest BCUT2D eigenvalue weighted by molar-refractivity contribution is 6.34. The molecule has 1 aliphatic carbocycles. The van der Waals surface area contributed by atoms with Crippen LogP contribution in [0.3, 0.4) is 0 Å². The Hall–Kier alpha value is -3.78. The Balaban J connectivity index is 1.26. The van der Waals surface area contributed by atoms with Crippen molar-refractivity contribution in [1.82, 2.24) is 10.6 Å². The summed E-state index contributed by atoms with van der Waals surface area (Å²) in [6.45, 7) is 0.316. The molecule has 0 aliphatic heterocycles. The highest BCUT2D eigenvalue weighted by Gasteiger charge is 2.19. The van der Waals surface area contributed by atoms with E-state index < -0.39 is 0 Å². The third-order valence-corrected chi connectivity index (χ3v) is 6.37. The summed E-state index contributed by atoms with van der Waals surface area (Å²) in [5, 5.41) is 12.0. The third-order valence-electron chi connectivity index (χ3n) is 6.04. The first-order chi connectivity index (χ1) is 17.5. The van der Waals surface area contributed by atoms with Gasteiger partial charge in [0.2, 0.25) is 5.91 Å². The van der Waals surface area contributed by atoms with Crippen LogP contribution in [0.2, 0.25) is 5.02 Å². The molecule has 3 aromatic rings. The van der Waals surface area contributed by atoms with E-state index in [1.54, 1.807) is 60.9 Å². The number of hydrogen-bond donors (Lipinski definition) is 4. The van der Waals surface area contributed by atoms with Crippen LogP contribution in [0.1, 0.15) is 58.6 Å². The molecular weight excluding hydrogens is 480 g/mol. The van der Waals surface area contributed by atoms with Crippen molar-refractivity contribution in [2.24, 2.45) is 0 Å². The molecule has 1 saturated carbocycles. The van der Waals surface area contributed by atoms with Gasteiger partial charge < -0.3 is 25.7 Å². The van der Waals surface area contributed by atoms with Crippen molar-refractivity contribution >= 4 is 40.7 Å². The van der Waals surface area contributed by atoms with Crippen LogP contribution in [-0.2, 0) is 11.3 Å². The lowest BCUT2D eigenvalue weighted by molar-refractivity contribution is -0.114. The summed E-state index contributed by atoms with van der Waals surface area (Å²) in [5.74, 6) is -0.0577. The van der Waals surface area contributed by atoms with Crippen molar-refractivity contribution < 1.29 is 18.8 Å². The van der Waals surface area contributed by atoms with Gasteiger partial charge in [-0.25, -0.2) is 0 Å². The maximum absolute atomic E-state index is 12.7. The normalized spacial score (nSPS) is 13.6. The van der Waals surface area contributed by atoms with E-state index in [2.05, 4.69) is 21.3 Å². The lowest BCUT2D eigenvalue weighted by atomic mass is 9.95. The van der Waals surface area contributed by atoms with Crippen molar-refractivity contribution in [2.45, 2.75) is 44.7 Å². The van der Waals surface area contributed by atoms with Crippen LogP contribution in [0.25, 0.3) is 0 Å². The number of nitrogens with one attached hydrogen (secondary N) is 4. The number of halogens is 1. The maximum atomic E-state index is 12.7. The van der Waals surface area contributed by atoms with Gasteiger partial charge >= 0.3 is 0 Å². The summed E-state index contributed by atoms with van der Waals surface area (Å²) in [7, 11) is 0. The largest absolute Gasteiger partial charge is 0.467 e. The Bertz CT molecular complexity index is 1190. The molecule has 1 heterocycles. The fourth-order valence-corrected chi connectivity index (χ4v) is 4.30. The number of carbonyl (C=O) groups excluding carboxylic acids is 3. The van der Waals surface area contributed by atoms with E-state index in [1.807, 2.05) is 0 Å². The molecule has 3 amide bonds. The molecule has 2 aromatic carbocycles. The Labute approximate surface area is 214 Å². The Kier molecular flexibility index (Phi) is 8.62. The first-order valence-corrected chi connectivity index (χ1v) is 12.4. The summed E-state index contributed by atoms with van der Waals surface area (Å²) >= 11 is 6.25. The molecule has 1 aliphatic rings. The Morgan fingerprint density at radius 3 is 2.39 bits per heavy atom. The van der Waals surface area contributed by atoms with Gasteiger partial charge in [-0.05, 0) is 67.4 Å². The first-order valence-electron chi connectivity index (χ1n) is 12.0. The highest BCUT2D eigenvalue weighted by Crippen LogP contribution is 2.23. The molecule has 0 spiro atoms. The molecule has 0 radical (unpaired) electrons. The SMILES string of the molecule is O=C(CNc1ccc(C(=O)NCc2ccco2)cc1)Nc1ccc(Cl)c(C(=O)NC2CCCCC2)c1. The van der Waals surface area contributed by atoms with Crippen molar-refractivity contribution in [2.75, 3.05) is 17.2 Å². The second-order valence-corrected chi connectivity index (χ2v) is 9.15. The molecule has 0 unspecified atom stereocenters. The number of anilines is 2. The topological polar surface area (TPSA) is 112 Å². The zero-order valence-electron chi connectivity index (χ0n) is 19.8. The van der Waals surface area contributed by atoms with E-state index in [-0.39, 0.29) is 30.3 Å². The van der Waals surface area contributed by atoms with Gasteiger partial charge in [-0.2, -0.15) is 0 Å². The van der Waals surface area contributed by atoms with Crippen molar-refractivity contribution in [1.29, 1.82) is 0 Å². The smallest absolute Gasteiger partial charge is 0.253 e. The van der Waals surface area contributed by atoms with E-state index in [1.165, 1.54) is 6.42 Å². The standard InChI is InChI=1S/C27H29ClN4O4/c28-24-13-12-21(15-23(24)27(35)32-20-5-2-1-3-6-20)31-25(33)17-29-19-10-8-18(9-11-19)26(34)30-16-22-7-4-14-36-22/h4,7-15,20,29H,1-3,5-6,16-17H2,(H,30,34)(H,31,33)(H,32,35). The predicted octanol–water partition coefficient (Wildman–Crippen LogP) is 4.98. The minimum atomic E-state index is -0.281. The highest BCUT2D eigenvalue weighted by atomic mass is 35.5. The van der Waals surface area contributed by atoms with Gasteiger partial charge in [0.05, 0.1) is 29.9 Å². The second kappa shape index (κ2) is 12.3. The van der Waals surface area contributed by atoms with E-state index in [9.17, 15) is 14.4 Å². The monoisotopic (exact) mass is 508 g/mol. The minimum absolute atomic E-state index is 0.0102. The van der Waals surface area contributed by atoms with Crippen molar-refractivity contribution in [3.05, 3.63) is 82.8 Å². The third kappa shape index (κ3) is 7.11. The summed E-state index contributed by atoms with van der Waals surface area (Å²) in [5.41, 5.74) is 2.02. The van der Waals surface area contributed by atoms with E-state index in [0.29, 0.717) is 39.8 Å². The number of carbonyl (C=O) groups is 3. The van der Waals surface area contributed by atoms with Gasteiger partial charge in [0.15, 0.2) is 0 Å². The Morgan fingerprint density at radius 1 is 0.917 bits per heavy atom. The lowest BCUT2D eigenvalue weighted by Crippen LogP contribution is -2.36. The zero-order chi connectivity index (χ0) is 25.3. The van der Waals surface area contributed by atoms with Crippen LogP contribution in [0.15, 0.2) is 65.3 Å². The minimum Gasteiger partial charge on any atom is -0.467 e. The summed E-state index contributed by atoms with van der Waals surface area (Å²) in [4.78, 5) is 37.4. The van der Waals surface area contributed by atoms with Crippen LogP contribution in [-0.4, -0.2) is 30.3 Å². The molecule has 4 N–H and O–H groups in total. The van der Waals surface area contributed by atoms with Crippen LogP contribution >= 0.6 is 11.6 Å². The molecule has 0 atom stereocenters. The maximum Gasteiger partial charge on any atom is 0.253 e. The van der Waals surface area contributed by atoms with Gasteiger partial charge in [0.1, 0.15) is 5.76 Å². The van der Waals surface area contributed by atoms with Crippen LogP contribution in [0.4, 0.5) is 11.4 Å². The van der Waals surface area contributed by atoms with E-state index in [0.717, 1.165) is 25.7 Å². The molecule has 188 valence electrons. The number of benzene rings is 2. The van der Waals surface area contributed by atoms with Crippen LogP contribution in [0, 0.1) is 0 Å². The molecule has 1 aromatic heterocycles. The fraction of sp³-hybridized carbons (Fsp3) is 0.296. The lowest BCUT2D eigenvalue weighted by Gasteiger charge is -2.23. The van der Waals surface area contributed by atoms with E-state index >= 15 is 0 Å². The van der Waals surface area contributed by atoms with Gasteiger partial charge in [0.25, 0.3) is 11.8 Å². The van der Waals surface area contributed by atoms with Crippen LogP contribution in [0.5, 0.6) is 0 Å². The molecule has 0 bridgehead atoms. The molecule has 4 rings (SSSR count). The summed E-state index contributed by atoms with van der Waals surface area (Å²) < 4.78 is 5.20. The fourth-order valence-electron chi connectivity index (χ4n) is 4.10. The number of hydrogen-bond acceptors (Lipinski definition) is 5. The predicted molar refractivity (Wildman–Crippen MR) is 139 cm³/mol. The molecule has 1 fully saturated rings. The zero-order valence-corrected chi connectivity index (χ0v) is 20.6. The van der Waals surface area contributed by atoms with Crippen LogP contribution < -0.4 is 21.3 Å². The second-order valence-electron chi connectivity index (χ2n) is 8.74. The van der Waals surface area contributed by atoms with Gasteiger partial charge in [0, 0.05) is 23.0 Å². The number of furan rings is 1. The molecule has 0 saturated heterocycles. The average Bonchev–Trinajstić information content (AvgIpc) is 3.42. The van der Waals surface area contributed by atoms with E-state index in [4.69, 9.17) is 16.0 Å². The Morgan fingerprint density at radius 2 is 1.67 bits per heavy atom. The molecule has 8 nitrogen and oxygen atoms in total. The quantitative estimate of drug-likeness (QED) is 0.326. The van der Waals surface area contributed by atoms with Gasteiger partial charge in [-0.3, -0.25) is 14.4 Å². The van der Waals surface area contributed by atoms with Crippen molar-refractivity contribution in [3.63, 3.8) is 0 Å². The molecular formula is C27H29ClN4O4. The number of amides is 3. The van der Waals surface area contributed by atoms with Gasteiger partial charge in [-0.15, -0.1) is 0 Å². The molecule has 36 heavy (non-hydrogen) atoms. The van der Waals surface area contributed by atoms with Gasteiger partial charge in [-0.1, -0.05) is 30.9 Å². The number of rotatable bonds is 9.